The quantitative estimate of drug-likeness (QED) is 0.483. The van der Waals surface area contributed by atoms with Crippen molar-refractivity contribution in [2.75, 3.05) is 5.32 Å². The van der Waals surface area contributed by atoms with Gasteiger partial charge in [0.2, 0.25) is 0 Å². The number of benzene rings is 1. The van der Waals surface area contributed by atoms with E-state index in [1.165, 1.54) is 24.3 Å². The summed E-state index contributed by atoms with van der Waals surface area (Å²) in [5.74, 6) is 0.0870. The standard InChI is InChI=1S/C23H16FN5O/c24-18-2-4-19(5-3-18)26-23(30)21-11-14-29(27-21)22-8-7-20-6-1-17(15-28(20)22)16-9-12-25-13-10-16/h1-15H,(H,26,30). The molecule has 0 saturated carbocycles. The zero-order valence-electron chi connectivity index (χ0n) is 15.7. The minimum atomic E-state index is -0.362. The zero-order chi connectivity index (χ0) is 20.5. The molecule has 4 aromatic heterocycles. The number of anilines is 1. The summed E-state index contributed by atoms with van der Waals surface area (Å²) in [6, 6.07) is 19.2. The number of amides is 1. The summed E-state index contributed by atoms with van der Waals surface area (Å²) in [6.45, 7) is 0. The molecule has 1 N–H and O–H groups in total. The maximum absolute atomic E-state index is 13.0. The minimum absolute atomic E-state index is 0.263. The van der Waals surface area contributed by atoms with E-state index in [0.29, 0.717) is 5.69 Å². The summed E-state index contributed by atoms with van der Waals surface area (Å²) in [4.78, 5) is 16.6. The molecule has 0 spiro atoms. The number of carbonyl (C=O) groups is 1. The summed E-state index contributed by atoms with van der Waals surface area (Å²) in [6.07, 6.45) is 7.28. The normalized spacial score (nSPS) is 11.0. The molecule has 0 unspecified atom stereocenters. The van der Waals surface area contributed by atoms with Crippen LogP contribution < -0.4 is 5.32 Å². The van der Waals surface area contributed by atoms with Crippen LogP contribution in [0.3, 0.4) is 0 Å². The smallest absolute Gasteiger partial charge is 0.276 e. The molecule has 146 valence electrons. The average molecular weight is 397 g/mol. The predicted molar refractivity (Wildman–Crippen MR) is 112 cm³/mol. The van der Waals surface area contributed by atoms with Crippen LogP contribution >= 0.6 is 0 Å². The van der Waals surface area contributed by atoms with Crippen LogP contribution in [0, 0.1) is 5.82 Å². The fraction of sp³-hybridized carbons (Fsp3) is 0. The molecule has 1 aromatic carbocycles. The lowest BCUT2D eigenvalue weighted by Gasteiger charge is -2.07. The third kappa shape index (κ3) is 3.33. The molecule has 7 heteroatoms. The summed E-state index contributed by atoms with van der Waals surface area (Å²) in [5.41, 5.74) is 3.89. The number of aromatic nitrogens is 4. The Balaban J connectivity index is 1.45. The SMILES string of the molecule is O=C(Nc1ccc(F)cc1)c1ccn(-c2ccc3ccc(-c4ccncc4)cn23)n1. The number of nitrogens with zero attached hydrogens (tertiary/aromatic N) is 4. The second kappa shape index (κ2) is 7.29. The summed E-state index contributed by atoms with van der Waals surface area (Å²) in [7, 11) is 0. The van der Waals surface area contributed by atoms with E-state index in [0.717, 1.165) is 22.5 Å². The Morgan fingerprint density at radius 2 is 1.63 bits per heavy atom. The lowest BCUT2D eigenvalue weighted by atomic mass is 10.1. The van der Waals surface area contributed by atoms with Gasteiger partial charge in [0, 0.05) is 36.0 Å². The monoisotopic (exact) mass is 397 g/mol. The predicted octanol–water partition coefficient (Wildman–Crippen LogP) is 4.58. The van der Waals surface area contributed by atoms with Crippen molar-refractivity contribution in [1.29, 1.82) is 0 Å². The summed E-state index contributed by atoms with van der Waals surface area (Å²) in [5, 5.41) is 7.14. The molecule has 4 heterocycles. The molecular formula is C23H16FN5O. The Kier molecular flexibility index (Phi) is 4.33. The van der Waals surface area contributed by atoms with E-state index in [4.69, 9.17) is 0 Å². The van der Waals surface area contributed by atoms with Gasteiger partial charge in [0.05, 0.1) is 0 Å². The number of pyridine rings is 2. The Hall–Kier alpha value is -4.26. The molecule has 0 atom stereocenters. The van der Waals surface area contributed by atoms with Gasteiger partial charge in [-0.25, -0.2) is 9.07 Å². The molecular weight excluding hydrogens is 381 g/mol. The third-order valence-electron chi connectivity index (χ3n) is 4.80. The fourth-order valence-corrected chi connectivity index (χ4v) is 3.29. The molecule has 5 rings (SSSR count). The highest BCUT2D eigenvalue weighted by Gasteiger charge is 2.13. The maximum Gasteiger partial charge on any atom is 0.276 e. The van der Waals surface area contributed by atoms with Crippen molar-refractivity contribution in [2.24, 2.45) is 0 Å². The van der Waals surface area contributed by atoms with Crippen LogP contribution in [0.4, 0.5) is 10.1 Å². The lowest BCUT2D eigenvalue weighted by Crippen LogP contribution is -2.13. The van der Waals surface area contributed by atoms with Gasteiger partial charge < -0.3 is 9.72 Å². The van der Waals surface area contributed by atoms with Crippen LogP contribution in [0.15, 0.2) is 91.5 Å². The number of rotatable bonds is 4. The highest BCUT2D eigenvalue weighted by molar-refractivity contribution is 6.02. The molecule has 0 bridgehead atoms. The fourth-order valence-electron chi connectivity index (χ4n) is 3.29. The van der Waals surface area contributed by atoms with Crippen LogP contribution in [0.1, 0.15) is 10.5 Å². The highest BCUT2D eigenvalue weighted by atomic mass is 19.1. The number of hydrogen-bond acceptors (Lipinski definition) is 3. The Labute approximate surface area is 171 Å². The van der Waals surface area contributed by atoms with E-state index < -0.39 is 0 Å². The first-order valence-electron chi connectivity index (χ1n) is 9.32. The Bertz CT molecular complexity index is 1340. The number of nitrogens with one attached hydrogen (secondary N) is 1. The third-order valence-corrected chi connectivity index (χ3v) is 4.80. The first-order valence-corrected chi connectivity index (χ1v) is 9.32. The number of fused-ring (bicyclic) bond motifs is 1. The van der Waals surface area contributed by atoms with Crippen molar-refractivity contribution < 1.29 is 9.18 Å². The van der Waals surface area contributed by atoms with E-state index in [2.05, 4.69) is 21.5 Å². The van der Waals surface area contributed by atoms with E-state index in [1.807, 2.05) is 40.9 Å². The van der Waals surface area contributed by atoms with E-state index in [-0.39, 0.29) is 17.4 Å². The highest BCUT2D eigenvalue weighted by Crippen LogP contribution is 2.22. The van der Waals surface area contributed by atoms with Crippen LogP contribution in [0.5, 0.6) is 0 Å². The largest absolute Gasteiger partial charge is 0.321 e. The molecule has 5 aromatic rings. The van der Waals surface area contributed by atoms with Crippen molar-refractivity contribution in [3.63, 3.8) is 0 Å². The van der Waals surface area contributed by atoms with Crippen molar-refractivity contribution in [1.82, 2.24) is 19.2 Å². The number of hydrogen-bond donors (Lipinski definition) is 1. The summed E-state index contributed by atoms with van der Waals surface area (Å²) < 4.78 is 16.7. The van der Waals surface area contributed by atoms with Gasteiger partial charge in [-0.2, -0.15) is 5.10 Å². The molecule has 6 nitrogen and oxygen atoms in total. The van der Waals surface area contributed by atoms with Gasteiger partial charge in [-0.1, -0.05) is 6.07 Å². The van der Waals surface area contributed by atoms with E-state index in [1.54, 1.807) is 29.3 Å². The Morgan fingerprint density at radius 1 is 0.867 bits per heavy atom. The van der Waals surface area contributed by atoms with Crippen molar-refractivity contribution in [2.45, 2.75) is 0 Å². The molecule has 0 fully saturated rings. The first-order chi connectivity index (χ1) is 14.7. The number of carbonyl (C=O) groups excluding carboxylic acids is 1. The van der Waals surface area contributed by atoms with Crippen LogP contribution in [-0.4, -0.2) is 25.1 Å². The second-order valence-electron chi connectivity index (χ2n) is 6.75. The van der Waals surface area contributed by atoms with Gasteiger partial charge in [-0.05, 0) is 71.8 Å². The van der Waals surface area contributed by atoms with E-state index >= 15 is 0 Å². The van der Waals surface area contributed by atoms with E-state index in [9.17, 15) is 9.18 Å². The van der Waals surface area contributed by atoms with Gasteiger partial charge in [-0.15, -0.1) is 0 Å². The Morgan fingerprint density at radius 3 is 2.43 bits per heavy atom. The molecule has 0 radical (unpaired) electrons. The maximum atomic E-state index is 13.0. The zero-order valence-corrected chi connectivity index (χ0v) is 15.7. The molecule has 1 amide bonds. The topological polar surface area (TPSA) is 64.2 Å². The van der Waals surface area contributed by atoms with Crippen molar-refractivity contribution in [3.8, 4) is 16.9 Å². The van der Waals surface area contributed by atoms with Gasteiger partial charge >= 0.3 is 0 Å². The summed E-state index contributed by atoms with van der Waals surface area (Å²) >= 11 is 0. The molecule has 0 aliphatic rings. The average Bonchev–Trinajstić information content (AvgIpc) is 3.42. The van der Waals surface area contributed by atoms with Gasteiger partial charge in [0.25, 0.3) is 5.91 Å². The molecule has 0 saturated heterocycles. The van der Waals surface area contributed by atoms with Gasteiger partial charge in [0.15, 0.2) is 5.69 Å². The minimum Gasteiger partial charge on any atom is -0.321 e. The second-order valence-corrected chi connectivity index (χ2v) is 6.75. The van der Waals surface area contributed by atoms with Gasteiger partial charge in [0.1, 0.15) is 11.6 Å². The van der Waals surface area contributed by atoms with Gasteiger partial charge in [-0.3, -0.25) is 9.78 Å². The van der Waals surface area contributed by atoms with Crippen molar-refractivity contribution in [3.05, 3.63) is 103 Å². The van der Waals surface area contributed by atoms with Crippen LogP contribution in [0.25, 0.3) is 22.5 Å². The molecule has 0 aliphatic heterocycles. The first kappa shape index (κ1) is 17.8. The molecule has 0 aliphatic carbocycles. The molecule has 30 heavy (non-hydrogen) atoms. The van der Waals surface area contributed by atoms with Crippen molar-refractivity contribution >= 4 is 17.1 Å². The van der Waals surface area contributed by atoms with Crippen LogP contribution in [0.2, 0.25) is 0 Å². The van der Waals surface area contributed by atoms with Crippen LogP contribution in [-0.2, 0) is 0 Å². The number of halogens is 1. The lowest BCUT2D eigenvalue weighted by molar-refractivity contribution is 0.102.